The van der Waals surface area contributed by atoms with Gasteiger partial charge in [0.15, 0.2) is 0 Å². The molecule has 1 heterocycles. The van der Waals surface area contributed by atoms with Gasteiger partial charge in [-0.05, 0) is 20.3 Å². The van der Waals surface area contributed by atoms with E-state index in [0.29, 0.717) is 24.8 Å². The zero-order valence-electron chi connectivity index (χ0n) is 12.3. The second kappa shape index (κ2) is 7.59. The topological polar surface area (TPSA) is 102 Å². The minimum atomic E-state index is -0.471. The van der Waals surface area contributed by atoms with Gasteiger partial charge >= 0.3 is 5.69 Å². The van der Waals surface area contributed by atoms with Crippen LogP contribution in [0.3, 0.4) is 0 Å². The lowest BCUT2D eigenvalue weighted by Gasteiger charge is -2.15. The first kappa shape index (κ1) is 16.1. The van der Waals surface area contributed by atoms with Crippen LogP contribution in [-0.4, -0.2) is 41.2 Å². The molecule has 1 rings (SSSR count). The highest BCUT2D eigenvalue weighted by atomic mass is 16.6. The summed E-state index contributed by atoms with van der Waals surface area (Å²) in [6.07, 6.45) is 0.919. The fraction of sp³-hybridized carbons (Fsp3) is 0.667. The van der Waals surface area contributed by atoms with Gasteiger partial charge in [0.2, 0.25) is 11.8 Å². The first-order valence-corrected chi connectivity index (χ1v) is 6.52. The van der Waals surface area contributed by atoms with Gasteiger partial charge in [-0.25, -0.2) is 4.98 Å². The average Bonchev–Trinajstić information content (AvgIpc) is 2.35. The predicted molar refractivity (Wildman–Crippen MR) is 77.2 cm³/mol. The van der Waals surface area contributed by atoms with Crippen molar-refractivity contribution in [3.8, 4) is 0 Å². The monoisotopic (exact) mass is 283 g/mol. The summed E-state index contributed by atoms with van der Waals surface area (Å²) in [4.78, 5) is 19.0. The summed E-state index contributed by atoms with van der Waals surface area (Å²) in [5, 5.41) is 17.2. The Bertz CT molecular complexity index is 467. The van der Waals surface area contributed by atoms with Crippen molar-refractivity contribution >= 4 is 17.5 Å². The molecule has 0 aliphatic carbocycles. The molecule has 8 heteroatoms. The summed E-state index contributed by atoms with van der Waals surface area (Å²) >= 11 is 0. The average molecular weight is 283 g/mol. The first-order chi connectivity index (χ1) is 9.49. The highest BCUT2D eigenvalue weighted by molar-refractivity contribution is 5.61. The quantitative estimate of drug-likeness (QED) is 0.555. The van der Waals surface area contributed by atoms with Gasteiger partial charge in [0.25, 0.3) is 0 Å². The number of hydrogen-bond donors (Lipinski definition) is 2. The molecule has 2 N–H and O–H groups in total. The van der Waals surface area contributed by atoms with E-state index >= 15 is 0 Å². The van der Waals surface area contributed by atoms with Crippen LogP contribution in [0.1, 0.15) is 26.0 Å². The molecule has 1 unspecified atom stereocenters. The third kappa shape index (κ3) is 4.30. The summed E-state index contributed by atoms with van der Waals surface area (Å²) in [6, 6.07) is -0.0907. The van der Waals surface area contributed by atoms with Crippen molar-refractivity contribution in [2.24, 2.45) is 0 Å². The summed E-state index contributed by atoms with van der Waals surface area (Å²) in [7, 11) is 1.58. The van der Waals surface area contributed by atoms with Gasteiger partial charge in [-0.2, -0.15) is 4.98 Å². The molecule has 1 aromatic heterocycles. The minimum absolute atomic E-state index is 0.0907. The Kier molecular flexibility index (Phi) is 6.10. The van der Waals surface area contributed by atoms with Crippen molar-refractivity contribution in [2.45, 2.75) is 33.2 Å². The van der Waals surface area contributed by atoms with E-state index in [1.807, 2.05) is 13.8 Å². The second-order valence-electron chi connectivity index (χ2n) is 4.51. The predicted octanol–water partition coefficient (Wildman–Crippen LogP) is 1.96. The van der Waals surface area contributed by atoms with Crippen LogP contribution in [0.15, 0.2) is 0 Å². The molecule has 112 valence electrons. The lowest BCUT2D eigenvalue weighted by atomic mass is 10.3. The number of nitrogens with one attached hydrogen (secondary N) is 2. The molecule has 0 saturated heterocycles. The van der Waals surface area contributed by atoms with E-state index in [1.165, 1.54) is 0 Å². The van der Waals surface area contributed by atoms with Gasteiger partial charge in [-0.15, -0.1) is 0 Å². The van der Waals surface area contributed by atoms with Crippen LogP contribution in [0.25, 0.3) is 0 Å². The molecule has 0 radical (unpaired) electrons. The molecule has 0 aliphatic rings. The third-order valence-electron chi connectivity index (χ3n) is 2.57. The van der Waals surface area contributed by atoms with Crippen LogP contribution in [0.4, 0.5) is 17.5 Å². The number of nitro groups is 1. The van der Waals surface area contributed by atoms with Crippen LogP contribution < -0.4 is 10.6 Å². The van der Waals surface area contributed by atoms with Crippen molar-refractivity contribution in [1.29, 1.82) is 0 Å². The highest BCUT2D eigenvalue weighted by Gasteiger charge is 2.23. The van der Waals surface area contributed by atoms with Crippen molar-refractivity contribution in [3.63, 3.8) is 0 Å². The number of methoxy groups -OCH3 is 1. The van der Waals surface area contributed by atoms with E-state index in [0.717, 1.165) is 6.42 Å². The Morgan fingerprint density at radius 2 is 2.15 bits per heavy atom. The maximum atomic E-state index is 11.1. The summed E-state index contributed by atoms with van der Waals surface area (Å²) in [6.45, 7) is 6.63. The standard InChI is InChI=1S/C12H21N5O3/c1-5-6-13-12-15-9(3)10(17(18)19)11(16-12)14-8(2)7-20-4/h8H,5-7H2,1-4H3,(H2,13,14,15,16). The Morgan fingerprint density at radius 1 is 1.45 bits per heavy atom. The summed E-state index contributed by atoms with van der Waals surface area (Å²) < 4.78 is 5.01. The molecule has 1 atom stereocenters. The van der Waals surface area contributed by atoms with Crippen LogP contribution in [0.2, 0.25) is 0 Å². The fourth-order valence-corrected chi connectivity index (χ4v) is 1.73. The lowest BCUT2D eigenvalue weighted by molar-refractivity contribution is -0.385. The molecule has 0 bridgehead atoms. The molecular formula is C12H21N5O3. The van der Waals surface area contributed by atoms with Gasteiger partial charge in [-0.1, -0.05) is 6.92 Å². The molecule has 0 fully saturated rings. The van der Waals surface area contributed by atoms with E-state index in [2.05, 4.69) is 20.6 Å². The van der Waals surface area contributed by atoms with Crippen LogP contribution in [-0.2, 0) is 4.74 Å². The van der Waals surface area contributed by atoms with Crippen molar-refractivity contribution < 1.29 is 9.66 Å². The lowest BCUT2D eigenvalue weighted by Crippen LogP contribution is -2.23. The number of nitrogens with zero attached hydrogens (tertiary/aromatic N) is 3. The van der Waals surface area contributed by atoms with Crippen LogP contribution in [0, 0.1) is 17.0 Å². The summed E-state index contributed by atoms with van der Waals surface area (Å²) in [5.74, 6) is 0.604. The number of anilines is 2. The highest BCUT2D eigenvalue weighted by Crippen LogP contribution is 2.27. The molecule has 0 amide bonds. The van der Waals surface area contributed by atoms with Crippen molar-refractivity contribution in [3.05, 3.63) is 15.8 Å². The smallest absolute Gasteiger partial charge is 0.332 e. The van der Waals surface area contributed by atoms with Gasteiger partial charge in [0.1, 0.15) is 5.69 Å². The fourth-order valence-electron chi connectivity index (χ4n) is 1.73. The molecule has 0 aliphatic heterocycles. The molecular weight excluding hydrogens is 262 g/mol. The molecule has 20 heavy (non-hydrogen) atoms. The number of rotatable bonds is 8. The third-order valence-corrected chi connectivity index (χ3v) is 2.57. The Balaban J connectivity index is 3.08. The normalized spacial score (nSPS) is 12.0. The molecule has 0 spiro atoms. The largest absolute Gasteiger partial charge is 0.383 e. The number of ether oxygens (including phenoxy) is 1. The van der Waals surface area contributed by atoms with Gasteiger partial charge < -0.3 is 15.4 Å². The minimum Gasteiger partial charge on any atom is -0.383 e. The van der Waals surface area contributed by atoms with Crippen LogP contribution in [0.5, 0.6) is 0 Å². The van der Waals surface area contributed by atoms with Crippen molar-refractivity contribution in [1.82, 2.24) is 9.97 Å². The van der Waals surface area contributed by atoms with Gasteiger partial charge in [0, 0.05) is 19.7 Å². The van der Waals surface area contributed by atoms with E-state index in [-0.39, 0.29) is 17.5 Å². The van der Waals surface area contributed by atoms with E-state index < -0.39 is 4.92 Å². The van der Waals surface area contributed by atoms with Crippen molar-refractivity contribution in [2.75, 3.05) is 30.9 Å². The zero-order valence-corrected chi connectivity index (χ0v) is 12.3. The number of hydrogen-bond acceptors (Lipinski definition) is 7. The van der Waals surface area contributed by atoms with E-state index in [1.54, 1.807) is 14.0 Å². The first-order valence-electron chi connectivity index (χ1n) is 6.52. The van der Waals surface area contributed by atoms with Gasteiger partial charge in [-0.3, -0.25) is 10.1 Å². The molecule has 8 nitrogen and oxygen atoms in total. The molecule has 1 aromatic rings. The zero-order chi connectivity index (χ0) is 15.1. The Hall–Kier alpha value is -1.96. The van der Waals surface area contributed by atoms with Crippen LogP contribution >= 0.6 is 0 Å². The maximum Gasteiger partial charge on any atom is 0.332 e. The Morgan fingerprint density at radius 3 is 2.70 bits per heavy atom. The van der Waals surface area contributed by atoms with E-state index in [4.69, 9.17) is 4.74 Å². The summed E-state index contributed by atoms with van der Waals surface area (Å²) in [5.41, 5.74) is 0.228. The maximum absolute atomic E-state index is 11.1. The molecule has 0 saturated carbocycles. The Labute approximate surface area is 118 Å². The van der Waals surface area contributed by atoms with E-state index in [9.17, 15) is 10.1 Å². The number of aromatic nitrogens is 2. The number of aryl methyl sites for hydroxylation is 1. The SMILES string of the molecule is CCCNc1nc(C)c([N+](=O)[O-])c(NC(C)COC)n1. The van der Waals surface area contributed by atoms with Gasteiger partial charge in [0.05, 0.1) is 11.5 Å². The molecule has 0 aromatic carbocycles. The second-order valence-corrected chi connectivity index (χ2v) is 4.51.